The van der Waals surface area contributed by atoms with Crippen LogP contribution in [0.25, 0.3) is 0 Å². The van der Waals surface area contributed by atoms with E-state index in [1.165, 1.54) is 12.1 Å². The minimum Gasteiger partial charge on any atom is -0.324 e. The van der Waals surface area contributed by atoms with Gasteiger partial charge in [-0.25, -0.2) is 0 Å². The maximum atomic E-state index is 10.7. The Balaban J connectivity index is 0.00000256. The van der Waals surface area contributed by atoms with Crippen LogP contribution in [0, 0.1) is 10.1 Å². The molecule has 94 valence electrons. The quantitative estimate of drug-likeness (QED) is 0.519. The Morgan fingerprint density at radius 1 is 1.65 bits per heavy atom. The molecule has 1 rings (SSSR count). The number of nitrogens with zero attached hydrogens (tertiary/aromatic N) is 1. The molecule has 4 nitrogen and oxygen atoms in total. The van der Waals surface area contributed by atoms with E-state index in [1.807, 2.05) is 6.92 Å². The van der Waals surface area contributed by atoms with E-state index in [4.69, 9.17) is 17.3 Å². The standard InChI is InChI=1S/C11H13ClN2O2.ClH/c1-7(2)5-10(13)8-3-4-9(12)11(6-8)14(15)16;/h3-4,6,10H,1,5,13H2,2H3;1H/t10-;/m0./s1. The highest BCUT2D eigenvalue weighted by atomic mass is 35.5. The predicted octanol–water partition coefficient (Wildman–Crippen LogP) is 3.64. The molecule has 0 aliphatic heterocycles. The zero-order chi connectivity index (χ0) is 12.3. The van der Waals surface area contributed by atoms with Crippen molar-refractivity contribution in [2.45, 2.75) is 19.4 Å². The van der Waals surface area contributed by atoms with Gasteiger partial charge in [0, 0.05) is 12.1 Å². The lowest BCUT2D eigenvalue weighted by Crippen LogP contribution is -2.10. The van der Waals surface area contributed by atoms with Gasteiger partial charge in [-0.1, -0.05) is 23.2 Å². The van der Waals surface area contributed by atoms with Gasteiger partial charge in [0.05, 0.1) is 4.92 Å². The van der Waals surface area contributed by atoms with Crippen molar-refractivity contribution < 1.29 is 4.92 Å². The smallest absolute Gasteiger partial charge is 0.288 e. The third kappa shape index (κ3) is 4.34. The van der Waals surface area contributed by atoms with Crippen LogP contribution in [0.4, 0.5) is 5.69 Å². The van der Waals surface area contributed by atoms with E-state index in [1.54, 1.807) is 6.07 Å². The molecule has 0 saturated carbocycles. The van der Waals surface area contributed by atoms with Gasteiger partial charge in [0.15, 0.2) is 0 Å². The number of benzene rings is 1. The summed E-state index contributed by atoms with van der Waals surface area (Å²) in [6.45, 7) is 5.62. The fraction of sp³-hybridized carbons (Fsp3) is 0.273. The van der Waals surface area contributed by atoms with Crippen molar-refractivity contribution in [3.63, 3.8) is 0 Å². The first-order valence-electron chi connectivity index (χ1n) is 4.75. The van der Waals surface area contributed by atoms with Gasteiger partial charge in [0.25, 0.3) is 5.69 Å². The molecule has 1 atom stereocenters. The third-order valence-corrected chi connectivity index (χ3v) is 2.48. The van der Waals surface area contributed by atoms with E-state index in [2.05, 4.69) is 6.58 Å². The monoisotopic (exact) mass is 276 g/mol. The van der Waals surface area contributed by atoms with Crippen LogP contribution in [0.3, 0.4) is 0 Å². The molecule has 0 unspecified atom stereocenters. The number of nitrogens with two attached hydrogens (primary N) is 1. The van der Waals surface area contributed by atoms with E-state index in [-0.39, 0.29) is 29.2 Å². The average Bonchev–Trinajstić information content (AvgIpc) is 2.16. The molecule has 0 aliphatic rings. The number of rotatable bonds is 4. The number of hydrogen-bond acceptors (Lipinski definition) is 3. The molecule has 0 spiro atoms. The molecular weight excluding hydrogens is 263 g/mol. The van der Waals surface area contributed by atoms with Crippen LogP contribution in [-0.4, -0.2) is 4.92 Å². The maximum absolute atomic E-state index is 10.7. The second-order valence-electron chi connectivity index (χ2n) is 3.74. The number of hydrogen-bond donors (Lipinski definition) is 1. The first-order valence-corrected chi connectivity index (χ1v) is 5.13. The van der Waals surface area contributed by atoms with Crippen LogP contribution in [-0.2, 0) is 0 Å². The highest BCUT2D eigenvalue weighted by Gasteiger charge is 2.15. The fourth-order valence-corrected chi connectivity index (χ4v) is 1.58. The molecule has 1 aromatic rings. The summed E-state index contributed by atoms with van der Waals surface area (Å²) < 4.78 is 0. The van der Waals surface area contributed by atoms with Gasteiger partial charge in [-0.15, -0.1) is 19.0 Å². The van der Waals surface area contributed by atoms with Gasteiger partial charge >= 0.3 is 0 Å². The minimum atomic E-state index is -0.515. The summed E-state index contributed by atoms with van der Waals surface area (Å²) in [6, 6.07) is 4.32. The second-order valence-corrected chi connectivity index (χ2v) is 4.14. The van der Waals surface area contributed by atoms with Gasteiger partial charge in [-0.2, -0.15) is 0 Å². The Morgan fingerprint density at radius 2 is 2.24 bits per heavy atom. The molecule has 0 bridgehead atoms. The normalized spacial score (nSPS) is 11.5. The van der Waals surface area contributed by atoms with Crippen molar-refractivity contribution in [1.29, 1.82) is 0 Å². The highest BCUT2D eigenvalue weighted by Crippen LogP contribution is 2.28. The molecule has 0 aliphatic carbocycles. The molecule has 0 fully saturated rings. The Morgan fingerprint density at radius 3 is 2.71 bits per heavy atom. The van der Waals surface area contributed by atoms with Gasteiger partial charge in [-0.3, -0.25) is 10.1 Å². The Hall–Kier alpha value is -1.10. The van der Waals surface area contributed by atoms with Crippen molar-refractivity contribution in [2.24, 2.45) is 5.73 Å². The molecule has 1 aromatic carbocycles. The predicted molar refractivity (Wildman–Crippen MR) is 71.7 cm³/mol. The van der Waals surface area contributed by atoms with Crippen LogP contribution < -0.4 is 5.73 Å². The molecule has 0 saturated heterocycles. The molecule has 0 aromatic heterocycles. The summed E-state index contributed by atoms with van der Waals surface area (Å²) in [4.78, 5) is 10.2. The van der Waals surface area contributed by atoms with E-state index >= 15 is 0 Å². The molecule has 2 N–H and O–H groups in total. The Labute approximate surface area is 111 Å². The summed E-state index contributed by atoms with van der Waals surface area (Å²) in [7, 11) is 0. The van der Waals surface area contributed by atoms with Gasteiger partial charge in [0.2, 0.25) is 0 Å². The summed E-state index contributed by atoms with van der Waals surface area (Å²) >= 11 is 5.70. The summed E-state index contributed by atoms with van der Waals surface area (Å²) in [5, 5.41) is 10.8. The molecule has 17 heavy (non-hydrogen) atoms. The van der Waals surface area contributed by atoms with Crippen molar-refractivity contribution >= 4 is 29.7 Å². The number of nitro groups is 1. The van der Waals surface area contributed by atoms with Crippen molar-refractivity contribution in [1.82, 2.24) is 0 Å². The van der Waals surface area contributed by atoms with Crippen LogP contribution >= 0.6 is 24.0 Å². The molecule has 6 heteroatoms. The zero-order valence-electron chi connectivity index (χ0n) is 9.35. The topological polar surface area (TPSA) is 69.2 Å². The summed E-state index contributed by atoms with van der Waals surface area (Å²) in [5.41, 5.74) is 7.40. The maximum Gasteiger partial charge on any atom is 0.288 e. The van der Waals surface area contributed by atoms with Crippen molar-refractivity contribution in [3.05, 3.63) is 51.1 Å². The zero-order valence-corrected chi connectivity index (χ0v) is 10.9. The summed E-state index contributed by atoms with van der Waals surface area (Å²) in [5.74, 6) is 0. The molecule has 0 amide bonds. The van der Waals surface area contributed by atoms with Crippen molar-refractivity contribution in [3.8, 4) is 0 Å². The van der Waals surface area contributed by atoms with E-state index in [9.17, 15) is 10.1 Å². The van der Waals surface area contributed by atoms with E-state index in [0.29, 0.717) is 12.0 Å². The van der Waals surface area contributed by atoms with Gasteiger partial charge in [0.1, 0.15) is 5.02 Å². The second kappa shape index (κ2) is 6.59. The number of halogens is 2. The minimum absolute atomic E-state index is 0. The lowest BCUT2D eigenvalue weighted by molar-refractivity contribution is -0.384. The highest BCUT2D eigenvalue weighted by molar-refractivity contribution is 6.32. The van der Waals surface area contributed by atoms with Gasteiger partial charge in [-0.05, 0) is 25.0 Å². The third-order valence-electron chi connectivity index (χ3n) is 2.16. The van der Waals surface area contributed by atoms with Gasteiger partial charge < -0.3 is 5.73 Å². The SMILES string of the molecule is C=C(C)C[C@H](N)c1ccc(Cl)c([N+](=O)[O-])c1.Cl. The first kappa shape index (κ1) is 15.9. The van der Waals surface area contributed by atoms with Crippen LogP contribution in [0.15, 0.2) is 30.4 Å². The average molecular weight is 277 g/mol. The van der Waals surface area contributed by atoms with Crippen molar-refractivity contribution in [2.75, 3.05) is 0 Å². The summed E-state index contributed by atoms with van der Waals surface area (Å²) in [6.07, 6.45) is 0.596. The molecular formula is C11H14Cl2N2O2. The van der Waals surface area contributed by atoms with E-state index < -0.39 is 4.92 Å². The molecule has 0 radical (unpaired) electrons. The Kier molecular flexibility index (Phi) is 6.16. The van der Waals surface area contributed by atoms with Crippen LogP contribution in [0.1, 0.15) is 24.9 Å². The van der Waals surface area contributed by atoms with E-state index in [0.717, 1.165) is 5.57 Å². The Bertz CT molecular complexity index is 435. The first-order chi connectivity index (χ1) is 7.41. The molecule has 0 heterocycles. The lowest BCUT2D eigenvalue weighted by Gasteiger charge is -2.11. The fourth-order valence-electron chi connectivity index (χ4n) is 1.39. The number of nitro benzene ring substituents is 1. The van der Waals surface area contributed by atoms with Crippen LogP contribution in [0.2, 0.25) is 5.02 Å². The lowest BCUT2D eigenvalue weighted by atomic mass is 10.0. The van der Waals surface area contributed by atoms with Crippen LogP contribution in [0.5, 0.6) is 0 Å². The largest absolute Gasteiger partial charge is 0.324 e.